The Bertz CT molecular complexity index is 1350. The van der Waals surface area contributed by atoms with Crippen molar-refractivity contribution in [3.05, 3.63) is 41.5 Å². The highest BCUT2D eigenvalue weighted by Crippen LogP contribution is 2.33. The summed E-state index contributed by atoms with van der Waals surface area (Å²) < 4.78 is 30.5. The Labute approximate surface area is 245 Å². The number of hydrogen-bond acceptors (Lipinski definition) is 10. The summed E-state index contributed by atoms with van der Waals surface area (Å²) in [6.07, 6.45) is 3.10. The first-order valence-corrected chi connectivity index (χ1v) is 13.6. The molecule has 0 bridgehead atoms. The van der Waals surface area contributed by atoms with E-state index in [0.29, 0.717) is 0 Å². The summed E-state index contributed by atoms with van der Waals surface area (Å²) in [5.41, 5.74) is 4.25. The lowest BCUT2D eigenvalue weighted by Gasteiger charge is -2.28. The molecular formula is C28H32FN5O9. The highest BCUT2D eigenvalue weighted by molar-refractivity contribution is 6.24. The molecule has 0 saturated carbocycles. The Balaban J connectivity index is 1.13. The lowest BCUT2D eigenvalue weighted by Crippen LogP contribution is -2.54. The van der Waals surface area contributed by atoms with Gasteiger partial charge in [0.1, 0.15) is 18.0 Å². The lowest BCUT2D eigenvalue weighted by atomic mass is 9.80. The molecule has 4 rings (SSSR count). The highest BCUT2D eigenvalue weighted by atomic mass is 19.1. The second-order valence-corrected chi connectivity index (χ2v) is 10.1. The Morgan fingerprint density at radius 3 is 2.67 bits per heavy atom. The molecule has 3 unspecified atom stereocenters. The fourth-order valence-corrected chi connectivity index (χ4v) is 4.90. The summed E-state index contributed by atoms with van der Waals surface area (Å²) in [6, 6.07) is 3.23. The Morgan fingerprint density at radius 1 is 1.16 bits per heavy atom. The van der Waals surface area contributed by atoms with Gasteiger partial charge in [0.05, 0.1) is 49.5 Å². The molecule has 0 radical (unpaired) electrons. The first-order chi connectivity index (χ1) is 20.6. The van der Waals surface area contributed by atoms with Gasteiger partial charge < -0.3 is 25.3 Å². The molecule has 230 valence electrons. The van der Waals surface area contributed by atoms with E-state index in [1.54, 1.807) is 12.2 Å². The first kappa shape index (κ1) is 31.4. The van der Waals surface area contributed by atoms with Crippen LogP contribution in [0.15, 0.2) is 35.3 Å². The van der Waals surface area contributed by atoms with Crippen molar-refractivity contribution in [1.29, 1.82) is 0 Å². The standard InChI is InChI=1S/C28H32FN5O9/c29-17(13-28(27(30)40)7-2-8-31-16-28)14-42-12-11-41-10-9-32-22(36)15-43-20-4-1-3-18-23(20)26(39)34(25(18)38)19-5-6-21(35)33-24(19)37/h1-4,7-8,17,19H,5-6,9-16H2,(H2,30,40)(H,32,36)(H,33,35,37). The van der Waals surface area contributed by atoms with E-state index in [1.165, 1.54) is 24.4 Å². The van der Waals surface area contributed by atoms with Crippen molar-refractivity contribution in [1.82, 2.24) is 15.5 Å². The average molecular weight is 602 g/mol. The molecule has 1 saturated heterocycles. The third kappa shape index (κ3) is 7.48. The number of hydrogen-bond donors (Lipinski definition) is 3. The zero-order valence-electron chi connectivity index (χ0n) is 23.2. The summed E-state index contributed by atoms with van der Waals surface area (Å²) in [5.74, 6) is -3.78. The van der Waals surface area contributed by atoms with Gasteiger partial charge in [-0.1, -0.05) is 12.1 Å². The maximum absolute atomic E-state index is 14.4. The van der Waals surface area contributed by atoms with E-state index in [0.717, 1.165) is 4.90 Å². The number of allylic oxidation sites excluding steroid dienone is 1. The summed E-state index contributed by atoms with van der Waals surface area (Å²) in [4.78, 5) is 78.5. The average Bonchev–Trinajstić information content (AvgIpc) is 3.23. The number of primary amides is 1. The number of carbonyl (C=O) groups is 6. The number of fused-ring (bicyclic) bond motifs is 1. The van der Waals surface area contributed by atoms with Crippen LogP contribution in [0.4, 0.5) is 4.39 Å². The summed E-state index contributed by atoms with van der Waals surface area (Å²) in [5, 5.41) is 4.71. The predicted octanol–water partition coefficient (Wildman–Crippen LogP) is -0.543. The van der Waals surface area contributed by atoms with E-state index in [9.17, 15) is 33.2 Å². The molecule has 3 aliphatic heterocycles. The number of carbonyl (C=O) groups excluding carboxylic acids is 6. The van der Waals surface area contributed by atoms with Crippen LogP contribution < -0.4 is 21.1 Å². The fraction of sp³-hybridized carbons (Fsp3) is 0.464. The van der Waals surface area contributed by atoms with Crippen LogP contribution in [0, 0.1) is 5.41 Å². The number of ether oxygens (including phenoxy) is 3. The monoisotopic (exact) mass is 601 g/mol. The number of imide groups is 2. The van der Waals surface area contributed by atoms with Crippen molar-refractivity contribution < 1.29 is 47.4 Å². The van der Waals surface area contributed by atoms with Gasteiger partial charge in [0.15, 0.2) is 6.61 Å². The van der Waals surface area contributed by atoms with Gasteiger partial charge in [-0.05, 0) is 24.6 Å². The van der Waals surface area contributed by atoms with Crippen LogP contribution in [0.25, 0.3) is 0 Å². The number of amides is 6. The van der Waals surface area contributed by atoms with E-state index in [4.69, 9.17) is 19.9 Å². The van der Waals surface area contributed by atoms with Crippen LogP contribution in [0.5, 0.6) is 5.75 Å². The van der Waals surface area contributed by atoms with E-state index in [2.05, 4.69) is 15.6 Å². The quantitative estimate of drug-likeness (QED) is 0.175. The zero-order valence-corrected chi connectivity index (χ0v) is 23.2. The van der Waals surface area contributed by atoms with Gasteiger partial charge in [-0.3, -0.25) is 44.0 Å². The molecule has 3 atom stereocenters. The fourth-order valence-electron chi connectivity index (χ4n) is 4.90. The van der Waals surface area contributed by atoms with Crippen molar-refractivity contribution in [3.8, 4) is 5.75 Å². The molecule has 3 aliphatic rings. The molecule has 14 nitrogen and oxygen atoms in total. The van der Waals surface area contributed by atoms with Crippen molar-refractivity contribution in [2.24, 2.45) is 16.1 Å². The predicted molar refractivity (Wildman–Crippen MR) is 147 cm³/mol. The largest absolute Gasteiger partial charge is 0.483 e. The molecule has 0 aliphatic carbocycles. The molecular weight excluding hydrogens is 569 g/mol. The van der Waals surface area contributed by atoms with E-state index >= 15 is 0 Å². The van der Waals surface area contributed by atoms with Gasteiger partial charge in [-0.25, -0.2) is 4.39 Å². The van der Waals surface area contributed by atoms with Gasteiger partial charge in [-0.2, -0.15) is 0 Å². The van der Waals surface area contributed by atoms with Crippen LogP contribution in [0.2, 0.25) is 0 Å². The second-order valence-electron chi connectivity index (χ2n) is 10.1. The third-order valence-corrected chi connectivity index (χ3v) is 7.08. The number of halogens is 1. The van der Waals surface area contributed by atoms with Crippen LogP contribution in [-0.4, -0.2) is 105 Å². The SMILES string of the molecule is NC(=O)C1(CC(F)COCCOCCNC(=O)COc2cccc3c2C(=O)N(C2CCC(=O)NC2=O)C3=O)C=CC=NC1. The van der Waals surface area contributed by atoms with Gasteiger partial charge in [0.25, 0.3) is 17.7 Å². The second kappa shape index (κ2) is 14.1. The minimum atomic E-state index is -1.43. The van der Waals surface area contributed by atoms with Crippen molar-refractivity contribution >= 4 is 41.7 Å². The highest BCUT2D eigenvalue weighted by Gasteiger charge is 2.46. The number of nitrogens with one attached hydrogen (secondary N) is 2. The number of dihydropyridines is 1. The van der Waals surface area contributed by atoms with Gasteiger partial charge >= 0.3 is 0 Å². The Kier molecular flexibility index (Phi) is 10.3. The maximum atomic E-state index is 14.4. The summed E-state index contributed by atoms with van der Waals surface area (Å²) in [7, 11) is 0. The number of alkyl halides is 1. The van der Waals surface area contributed by atoms with Crippen molar-refractivity contribution in [2.75, 3.05) is 46.1 Å². The Hall–Kier alpha value is -4.50. The van der Waals surface area contributed by atoms with Crippen LogP contribution >= 0.6 is 0 Å². The van der Waals surface area contributed by atoms with Gasteiger partial charge in [0.2, 0.25) is 17.7 Å². The molecule has 15 heteroatoms. The molecule has 1 aromatic carbocycles. The van der Waals surface area contributed by atoms with E-state index in [-0.39, 0.29) is 75.7 Å². The number of benzene rings is 1. The first-order valence-electron chi connectivity index (χ1n) is 13.6. The lowest BCUT2D eigenvalue weighted by molar-refractivity contribution is -0.136. The smallest absolute Gasteiger partial charge is 0.266 e. The third-order valence-electron chi connectivity index (χ3n) is 7.08. The van der Waals surface area contributed by atoms with Crippen LogP contribution in [0.3, 0.4) is 0 Å². The summed E-state index contributed by atoms with van der Waals surface area (Å²) in [6.45, 7) is -0.103. The van der Waals surface area contributed by atoms with Crippen molar-refractivity contribution in [2.45, 2.75) is 31.5 Å². The summed E-state index contributed by atoms with van der Waals surface area (Å²) >= 11 is 0. The minimum absolute atomic E-state index is 0.00455. The van der Waals surface area contributed by atoms with Gasteiger partial charge in [-0.15, -0.1) is 0 Å². The molecule has 43 heavy (non-hydrogen) atoms. The number of piperidine rings is 1. The number of aliphatic imine (C=N–C) groups is 1. The normalized spacial score (nSPS) is 21.9. The van der Waals surface area contributed by atoms with E-state index < -0.39 is 59.7 Å². The molecule has 3 heterocycles. The van der Waals surface area contributed by atoms with Crippen molar-refractivity contribution in [3.63, 3.8) is 0 Å². The Morgan fingerprint density at radius 2 is 1.95 bits per heavy atom. The molecule has 1 fully saturated rings. The van der Waals surface area contributed by atoms with E-state index in [1.807, 2.05) is 0 Å². The number of nitrogens with zero attached hydrogens (tertiary/aromatic N) is 2. The molecule has 0 aromatic heterocycles. The topological polar surface area (TPSA) is 196 Å². The number of nitrogens with two attached hydrogens (primary N) is 1. The number of rotatable bonds is 15. The molecule has 4 N–H and O–H groups in total. The van der Waals surface area contributed by atoms with Crippen LogP contribution in [0.1, 0.15) is 40.0 Å². The zero-order chi connectivity index (χ0) is 31.0. The minimum Gasteiger partial charge on any atom is -0.483 e. The van der Waals surface area contributed by atoms with Crippen LogP contribution in [-0.2, 0) is 28.7 Å². The maximum Gasteiger partial charge on any atom is 0.266 e. The molecule has 6 amide bonds. The molecule has 1 aromatic rings. The molecule has 0 spiro atoms. The van der Waals surface area contributed by atoms with Gasteiger partial charge in [0, 0.05) is 25.6 Å².